The Morgan fingerprint density at radius 2 is 1.65 bits per heavy atom. The predicted molar refractivity (Wildman–Crippen MR) is 86.6 cm³/mol. The van der Waals surface area contributed by atoms with E-state index in [4.69, 9.17) is 38.8 Å². The van der Waals surface area contributed by atoms with Crippen molar-refractivity contribution in [2.24, 2.45) is 0 Å². The van der Waals surface area contributed by atoms with Crippen molar-refractivity contribution < 1.29 is 1.43 Å². The van der Waals surface area contributed by atoms with Gasteiger partial charge in [-0.3, -0.25) is 0 Å². The van der Waals surface area contributed by atoms with Crippen LogP contribution in [0.15, 0.2) is 0 Å². The van der Waals surface area contributed by atoms with Crippen LogP contribution in [0.25, 0.3) is 0 Å². The van der Waals surface area contributed by atoms with E-state index >= 15 is 0 Å². The van der Waals surface area contributed by atoms with E-state index in [-0.39, 0.29) is 46.9 Å². The second-order valence-corrected chi connectivity index (χ2v) is 3.86. The van der Waals surface area contributed by atoms with Crippen LogP contribution in [0.2, 0.25) is 0 Å². The summed E-state index contributed by atoms with van der Waals surface area (Å²) in [5, 5.41) is 0. The number of rotatable bonds is 3. The first-order valence-electron chi connectivity index (χ1n) is 5.03. The van der Waals surface area contributed by atoms with Crippen molar-refractivity contribution in [3.63, 3.8) is 0 Å². The minimum absolute atomic E-state index is 0. The predicted octanol–water partition coefficient (Wildman–Crippen LogP) is -3.69. The van der Waals surface area contributed by atoms with Crippen molar-refractivity contribution in [3.8, 4) is 0 Å². The molecule has 0 heterocycles. The Morgan fingerprint density at radius 1 is 1.12 bits per heavy atom. The molecule has 0 aliphatic carbocycles. The van der Waals surface area contributed by atoms with E-state index in [1.165, 1.54) is 7.06 Å². The monoisotopic (exact) mass is 279 g/mol. The van der Waals surface area contributed by atoms with E-state index in [0.29, 0.717) is 10.9 Å². The fourth-order valence-electron chi connectivity index (χ4n) is 1.60. The molecule has 0 aliphatic heterocycles. The summed E-state index contributed by atoms with van der Waals surface area (Å²) in [5.41, 5.74) is 3.82. The first-order chi connectivity index (χ1) is 7.40. The second-order valence-electron chi connectivity index (χ2n) is 3.86. The molecule has 0 unspecified atom stereocenters. The van der Waals surface area contributed by atoms with E-state index < -0.39 is 13.0 Å². The normalized spacial score (nSPS) is 9.29. The molecule has 0 N–H and O–H groups in total. The van der Waals surface area contributed by atoms with Crippen molar-refractivity contribution in [1.29, 1.82) is 0 Å². The fraction of sp³-hybridized carbons (Fsp3) is 0.250. The van der Waals surface area contributed by atoms with Gasteiger partial charge in [0.25, 0.3) is 0 Å². The summed E-state index contributed by atoms with van der Waals surface area (Å²) in [6, 6.07) is 3.06. The molecule has 0 spiro atoms. The van der Waals surface area contributed by atoms with Crippen LogP contribution in [-0.4, -0.2) is 104 Å². The average molecular weight is 277 g/mol. The van der Waals surface area contributed by atoms with E-state index in [9.17, 15) is 0 Å². The van der Waals surface area contributed by atoms with Crippen molar-refractivity contribution >= 4 is 121 Å². The van der Waals surface area contributed by atoms with Gasteiger partial charge in [-0.2, -0.15) is 17.2 Å². The number of benzene rings is 1. The zero-order chi connectivity index (χ0) is 12.5. The topological polar surface area (TPSA) is 0 Å². The smallest absolute Gasteiger partial charge is 1.00 e. The zero-order valence-electron chi connectivity index (χ0n) is 11.3. The molecule has 0 atom stereocenters. The molecule has 0 nitrogen and oxygen atoms in total. The van der Waals surface area contributed by atoms with E-state index in [1.54, 1.807) is 0 Å². The zero-order valence-corrected chi connectivity index (χ0v) is 13.8. The molecule has 65 valence electrons. The Kier molecular flexibility index (Phi) is 8.28. The fourth-order valence-corrected chi connectivity index (χ4v) is 1.60. The van der Waals surface area contributed by atoms with Crippen LogP contribution in [0, 0.1) is 19.9 Å². The Hall–Kier alpha value is 1.22. The molecule has 0 aromatic heterocycles. The summed E-state index contributed by atoms with van der Waals surface area (Å²) < 4.78 is 0. The molecule has 17 heavy (non-hydrogen) atoms. The van der Waals surface area contributed by atoms with Crippen molar-refractivity contribution in [2.45, 2.75) is 13.8 Å². The quantitative estimate of drug-likeness (QED) is 0.394. The molecule has 0 bridgehead atoms. The Balaban J connectivity index is 0. The molecule has 1 rings (SSSR count). The van der Waals surface area contributed by atoms with E-state index in [1.807, 2.05) is 13.8 Å². The molecule has 9 heteroatoms. The van der Waals surface area contributed by atoms with Gasteiger partial charge >= 0.3 is 45.5 Å². The molecule has 1 aromatic carbocycles. The summed E-state index contributed by atoms with van der Waals surface area (Å²) in [6.07, 6.45) is 0. The van der Waals surface area contributed by atoms with Gasteiger partial charge in [0.1, 0.15) is 0 Å². The number of hydrogen-bond acceptors (Lipinski definition) is 0. The van der Waals surface area contributed by atoms with Gasteiger partial charge in [-0.25, -0.2) is 16.4 Å². The van der Waals surface area contributed by atoms with Crippen molar-refractivity contribution in [2.75, 3.05) is 0 Å². The molecule has 0 aliphatic rings. The van der Waals surface area contributed by atoms with Crippen LogP contribution in [0.3, 0.4) is 0 Å². The summed E-state index contributed by atoms with van der Waals surface area (Å²) in [6.45, 7) is 2.75. The maximum Gasteiger partial charge on any atom is 2.00 e. The van der Waals surface area contributed by atoms with Gasteiger partial charge in [0.2, 0.25) is 0 Å². The summed E-state index contributed by atoms with van der Waals surface area (Å²) in [7, 11) is 29.9. The Bertz CT molecular complexity index is 399. The molecule has 0 saturated heterocycles. The number of hydrogen-bond donors (Lipinski definition) is 0. The Morgan fingerprint density at radius 3 is 2.06 bits per heavy atom. The molecular formula is C8H7B8Sr. The third kappa shape index (κ3) is 4.09. The van der Waals surface area contributed by atoms with Crippen LogP contribution in [0.1, 0.15) is 12.6 Å². The standard InChI is InChI=1S/C8H6B8.Sr.H/c1-4-5(2)8(9)7(16(13)14-10)3-6(4)15(11)12;;/h1-2H3;;/q-1;+2;-1. The van der Waals surface area contributed by atoms with E-state index in [2.05, 4.69) is 6.07 Å². The molecule has 0 saturated carbocycles. The maximum absolute atomic E-state index is 5.96. The van der Waals surface area contributed by atoms with Crippen molar-refractivity contribution in [3.05, 3.63) is 17.2 Å². The van der Waals surface area contributed by atoms with Crippen LogP contribution < -0.4 is 16.4 Å². The molecule has 0 amide bonds. The van der Waals surface area contributed by atoms with Crippen LogP contribution in [-0.2, 0) is 0 Å². The first kappa shape index (κ1) is 18.2. The van der Waals surface area contributed by atoms with Gasteiger partial charge < -0.3 is 1.43 Å². The van der Waals surface area contributed by atoms with Gasteiger partial charge in [-0.05, 0) is 0 Å². The molecule has 0 fully saturated rings. The summed E-state index contributed by atoms with van der Waals surface area (Å²) in [4.78, 5) is 0. The van der Waals surface area contributed by atoms with E-state index in [0.717, 1.165) is 16.6 Å². The van der Waals surface area contributed by atoms with Gasteiger partial charge in [0.15, 0.2) is 0 Å². The minimum atomic E-state index is -0.594. The maximum atomic E-state index is 5.96. The van der Waals surface area contributed by atoms with Gasteiger partial charge in [0, 0.05) is 52.3 Å². The third-order valence-electron chi connectivity index (χ3n) is 2.80. The SMILES string of the molecule is [B][B]B([B])c1[c-]c(B([B])[B])c(C)c(C)c1[B].[H-].[Sr+2]. The molecular weight excluding hydrogens is 270 g/mol. The summed E-state index contributed by atoms with van der Waals surface area (Å²) in [5.74, 6) is 0. The summed E-state index contributed by atoms with van der Waals surface area (Å²) >= 11 is 0. The largest absolute Gasteiger partial charge is 2.00 e. The minimum Gasteiger partial charge on any atom is -1.00 e. The van der Waals surface area contributed by atoms with Crippen LogP contribution >= 0.6 is 0 Å². The van der Waals surface area contributed by atoms with Gasteiger partial charge in [-0.15, -0.1) is 0 Å². The van der Waals surface area contributed by atoms with Crippen LogP contribution in [0.5, 0.6) is 0 Å². The Labute approximate surface area is 151 Å². The molecule has 11 radical (unpaired) electrons. The molecule has 1 aromatic rings. The third-order valence-corrected chi connectivity index (χ3v) is 2.80. The van der Waals surface area contributed by atoms with Crippen LogP contribution in [0.4, 0.5) is 0 Å². The van der Waals surface area contributed by atoms with Gasteiger partial charge in [-0.1, -0.05) is 13.8 Å². The second kappa shape index (κ2) is 7.72. The van der Waals surface area contributed by atoms with Gasteiger partial charge in [0.05, 0.1) is 6.49 Å². The first-order valence-corrected chi connectivity index (χ1v) is 5.03. The average Bonchev–Trinajstić information content (AvgIpc) is 2.25. The van der Waals surface area contributed by atoms with Crippen molar-refractivity contribution in [1.82, 2.24) is 0 Å².